The number of pyridine rings is 1. The molecule has 0 saturated carbocycles. The van der Waals surface area contributed by atoms with Crippen LogP contribution in [0.4, 0.5) is 30.5 Å². The fraction of sp³-hybridized carbons (Fsp3) is 0.107. The van der Waals surface area contributed by atoms with Gasteiger partial charge in [0.1, 0.15) is 0 Å². The van der Waals surface area contributed by atoms with Crippen molar-refractivity contribution in [2.75, 3.05) is 10.6 Å². The molecule has 5 aromatic rings. The largest absolute Gasteiger partial charge is 0.416 e. The fourth-order valence-electron chi connectivity index (χ4n) is 3.93. The first-order valence-corrected chi connectivity index (χ1v) is 11.8. The third kappa shape index (κ3) is 5.77. The van der Waals surface area contributed by atoms with Crippen LogP contribution in [0.15, 0.2) is 85.7 Å². The number of carbonyl (C=O) groups excluding carboxylic acids is 1. The lowest BCUT2D eigenvalue weighted by Gasteiger charge is -2.15. The molecule has 0 spiro atoms. The molecule has 2 N–H and O–H groups in total. The van der Waals surface area contributed by atoms with E-state index >= 15 is 0 Å². The highest BCUT2D eigenvalue weighted by atomic mass is 19.4. The van der Waals surface area contributed by atoms with E-state index in [1.54, 1.807) is 55.8 Å². The molecule has 0 unspecified atom stereocenters. The average molecular weight is 530 g/mol. The Morgan fingerprint density at radius 2 is 1.79 bits per heavy atom. The van der Waals surface area contributed by atoms with Gasteiger partial charge in [-0.15, -0.1) is 0 Å². The lowest BCUT2D eigenvalue weighted by molar-refractivity contribution is -0.137. The molecule has 0 aliphatic rings. The highest BCUT2D eigenvalue weighted by molar-refractivity contribution is 6.05. The van der Waals surface area contributed by atoms with Gasteiger partial charge in [0.25, 0.3) is 5.91 Å². The smallest absolute Gasteiger partial charge is 0.324 e. The van der Waals surface area contributed by atoms with Crippen LogP contribution in [0.5, 0.6) is 0 Å². The number of halogens is 3. The third-order valence-corrected chi connectivity index (χ3v) is 5.96. The number of nitrogens with zero attached hydrogens (tertiary/aromatic N) is 5. The van der Waals surface area contributed by atoms with Crippen LogP contribution in [0.25, 0.3) is 16.9 Å². The topological polar surface area (TPSA) is 97.6 Å². The number of amides is 1. The lowest BCUT2D eigenvalue weighted by atomic mass is 10.1. The first-order chi connectivity index (χ1) is 18.7. The summed E-state index contributed by atoms with van der Waals surface area (Å²) in [5.74, 6) is -0.258. The quantitative estimate of drug-likeness (QED) is 0.266. The number of carbonyl (C=O) groups is 1. The lowest BCUT2D eigenvalue weighted by Crippen LogP contribution is -2.14. The molecule has 196 valence electrons. The van der Waals surface area contributed by atoms with Gasteiger partial charge in [0.15, 0.2) is 0 Å². The molecule has 0 aliphatic carbocycles. The number of anilines is 3. The Kier molecular flexibility index (Phi) is 6.80. The van der Waals surface area contributed by atoms with E-state index in [9.17, 15) is 18.0 Å². The van der Waals surface area contributed by atoms with E-state index in [0.717, 1.165) is 23.3 Å². The third-order valence-electron chi connectivity index (χ3n) is 5.96. The van der Waals surface area contributed by atoms with E-state index < -0.39 is 17.6 Å². The second-order valence-electron chi connectivity index (χ2n) is 8.79. The fourth-order valence-corrected chi connectivity index (χ4v) is 3.93. The van der Waals surface area contributed by atoms with Crippen LogP contribution in [0.1, 0.15) is 27.2 Å². The summed E-state index contributed by atoms with van der Waals surface area (Å²) in [5.41, 5.74) is 3.11. The second kappa shape index (κ2) is 10.4. The summed E-state index contributed by atoms with van der Waals surface area (Å²) in [4.78, 5) is 30.0. The highest BCUT2D eigenvalue weighted by Gasteiger charge is 2.31. The Morgan fingerprint density at radius 3 is 2.51 bits per heavy atom. The first-order valence-electron chi connectivity index (χ1n) is 11.8. The van der Waals surface area contributed by atoms with Gasteiger partial charge in [-0.1, -0.05) is 6.07 Å². The Hall–Kier alpha value is -5.06. The van der Waals surface area contributed by atoms with Gasteiger partial charge in [-0.25, -0.2) is 15.0 Å². The molecule has 3 aromatic heterocycles. The van der Waals surface area contributed by atoms with Gasteiger partial charge in [-0.2, -0.15) is 13.2 Å². The number of alkyl halides is 3. The summed E-state index contributed by atoms with van der Waals surface area (Å²) in [7, 11) is 0. The van der Waals surface area contributed by atoms with Crippen LogP contribution in [-0.4, -0.2) is 30.4 Å². The number of benzene rings is 2. The van der Waals surface area contributed by atoms with E-state index in [1.165, 1.54) is 23.2 Å². The molecule has 0 aliphatic heterocycles. The normalized spacial score (nSPS) is 11.3. The minimum absolute atomic E-state index is 0.000476. The second-order valence-corrected chi connectivity index (χ2v) is 8.79. The summed E-state index contributed by atoms with van der Waals surface area (Å²) in [6.07, 6.45) is 3.32. The molecular weight excluding hydrogens is 507 g/mol. The van der Waals surface area contributed by atoms with Crippen molar-refractivity contribution in [3.63, 3.8) is 0 Å². The average Bonchev–Trinajstić information content (AvgIpc) is 3.35. The van der Waals surface area contributed by atoms with Crippen LogP contribution >= 0.6 is 0 Å². The zero-order valence-electron chi connectivity index (χ0n) is 20.9. The zero-order valence-corrected chi connectivity index (χ0v) is 20.9. The maximum Gasteiger partial charge on any atom is 0.416 e. The molecule has 0 radical (unpaired) electrons. The van der Waals surface area contributed by atoms with Crippen molar-refractivity contribution >= 4 is 23.2 Å². The van der Waals surface area contributed by atoms with Gasteiger partial charge in [0, 0.05) is 58.7 Å². The summed E-state index contributed by atoms with van der Waals surface area (Å²) >= 11 is 0. The first kappa shape index (κ1) is 25.6. The van der Waals surface area contributed by atoms with Crippen LogP contribution in [0.3, 0.4) is 0 Å². The minimum Gasteiger partial charge on any atom is -0.324 e. The van der Waals surface area contributed by atoms with E-state index in [-0.39, 0.29) is 16.9 Å². The summed E-state index contributed by atoms with van der Waals surface area (Å²) in [6, 6.07) is 13.7. The van der Waals surface area contributed by atoms with Crippen molar-refractivity contribution in [3.05, 3.63) is 108 Å². The van der Waals surface area contributed by atoms with Crippen molar-refractivity contribution in [1.82, 2.24) is 24.5 Å². The number of imidazole rings is 1. The van der Waals surface area contributed by atoms with Crippen LogP contribution < -0.4 is 10.6 Å². The molecule has 0 saturated heterocycles. The number of hydrogen-bond donors (Lipinski definition) is 2. The zero-order chi connectivity index (χ0) is 27.6. The Labute approximate surface area is 221 Å². The van der Waals surface area contributed by atoms with Crippen LogP contribution in [0.2, 0.25) is 0 Å². The number of aryl methyl sites for hydroxylation is 2. The van der Waals surface area contributed by atoms with Gasteiger partial charge in [0.05, 0.1) is 17.6 Å². The van der Waals surface area contributed by atoms with E-state index in [2.05, 4.69) is 30.6 Å². The van der Waals surface area contributed by atoms with Gasteiger partial charge in [-0.05, 0) is 67.9 Å². The van der Waals surface area contributed by atoms with Gasteiger partial charge in [-0.3, -0.25) is 9.78 Å². The molecule has 3 heterocycles. The van der Waals surface area contributed by atoms with E-state index in [0.29, 0.717) is 23.0 Å². The van der Waals surface area contributed by atoms with Crippen molar-refractivity contribution in [2.24, 2.45) is 0 Å². The van der Waals surface area contributed by atoms with Crippen molar-refractivity contribution < 1.29 is 18.0 Å². The predicted octanol–water partition coefficient (Wildman–Crippen LogP) is 6.36. The predicted molar refractivity (Wildman–Crippen MR) is 141 cm³/mol. The number of hydrogen-bond acceptors (Lipinski definition) is 6. The SMILES string of the molecule is Cc1ccc(C(=O)Nc2cc(-n3cncc3C)cc(C(F)(F)F)c2)cc1Nc1nccc(-c2cccnc2)n1. The Morgan fingerprint density at radius 1 is 0.949 bits per heavy atom. The Balaban J connectivity index is 1.41. The van der Waals surface area contributed by atoms with E-state index in [4.69, 9.17) is 0 Å². The number of rotatable bonds is 6. The van der Waals surface area contributed by atoms with Crippen molar-refractivity contribution in [3.8, 4) is 16.9 Å². The summed E-state index contributed by atoms with van der Waals surface area (Å²) in [6.45, 7) is 3.57. The van der Waals surface area contributed by atoms with Gasteiger partial charge in [0.2, 0.25) is 5.95 Å². The van der Waals surface area contributed by atoms with Crippen LogP contribution in [-0.2, 0) is 6.18 Å². The number of nitrogens with one attached hydrogen (secondary N) is 2. The van der Waals surface area contributed by atoms with Crippen LogP contribution in [0, 0.1) is 13.8 Å². The molecule has 0 atom stereocenters. The molecule has 5 rings (SSSR count). The Bertz CT molecular complexity index is 1650. The van der Waals surface area contributed by atoms with Gasteiger partial charge >= 0.3 is 6.18 Å². The molecule has 0 bridgehead atoms. The molecule has 8 nitrogen and oxygen atoms in total. The molecule has 1 amide bonds. The standard InChI is InChI=1S/C28H22F3N7O/c1-17-5-6-19(10-25(17)37-27-34-9-7-24(36-27)20-4-3-8-32-15-20)26(39)35-22-11-21(28(29,30)31)12-23(13-22)38-16-33-14-18(38)2/h3-16H,1-2H3,(H,35,39)(H,34,36,37). The molecule has 39 heavy (non-hydrogen) atoms. The molecular formula is C28H22F3N7O. The van der Waals surface area contributed by atoms with Gasteiger partial charge < -0.3 is 15.2 Å². The maximum absolute atomic E-state index is 13.6. The molecule has 11 heteroatoms. The highest BCUT2D eigenvalue weighted by Crippen LogP contribution is 2.33. The number of aromatic nitrogens is 5. The summed E-state index contributed by atoms with van der Waals surface area (Å²) < 4.78 is 42.4. The van der Waals surface area contributed by atoms with Crippen molar-refractivity contribution in [2.45, 2.75) is 20.0 Å². The van der Waals surface area contributed by atoms with Crippen molar-refractivity contribution in [1.29, 1.82) is 0 Å². The minimum atomic E-state index is -4.60. The maximum atomic E-state index is 13.6. The monoisotopic (exact) mass is 529 g/mol. The van der Waals surface area contributed by atoms with E-state index in [1.807, 2.05) is 13.0 Å². The summed E-state index contributed by atoms with van der Waals surface area (Å²) in [5, 5.41) is 5.72. The molecule has 2 aromatic carbocycles. The molecule has 0 fully saturated rings.